The molecule has 2 nitrogen and oxygen atoms in total. The van der Waals surface area contributed by atoms with E-state index < -0.39 is 0 Å². The van der Waals surface area contributed by atoms with Crippen LogP contribution in [-0.2, 0) is 4.89 Å². The van der Waals surface area contributed by atoms with E-state index >= 15 is 0 Å². The van der Waals surface area contributed by atoms with E-state index in [4.69, 9.17) is 5.26 Å². The minimum Gasteiger partial charge on any atom is -0.251 e. The van der Waals surface area contributed by atoms with Gasteiger partial charge in [0.2, 0.25) is 0 Å². The summed E-state index contributed by atoms with van der Waals surface area (Å²) in [6.45, 7) is 11.2. The van der Waals surface area contributed by atoms with Crippen LogP contribution in [0.25, 0.3) is 0 Å². The van der Waals surface area contributed by atoms with E-state index in [1.54, 1.807) is 0 Å². The average molecular weight is 169 g/mol. The zero-order chi connectivity index (χ0) is 9.56. The van der Waals surface area contributed by atoms with Crippen LogP contribution in [-0.4, -0.2) is 11.4 Å². The first-order chi connectivity index (χ1) is 5.61. The first-order valence-corrected chi connectivity index (χ1v) is 4.02. The molecule has 0 aliphatic rings. The topological polar surface area (TPSA) is 29.5 Å². The first-order valence-electron chi connectivity index (χ1n) is 4.02. The minimum absolute atomic E-state index is 0.250. The van der Waals surface area contributed by atoms with Crippen LogP contribution in [0.4, 0.5) is 0 Å². The summed E-state index contributed by atoms with van der Waals surface area (Å²) in [5.74, 6) is 0. The molecule has 0 saturated carbocycles. The van der Waals surface area contributed by atoms with Crippen molar-refractivity contribution in [3.63, 3.8) is 0 Å². The second-order valence-corrected chi connectivity index (χ2v) is 3.03. The Morgan fingerprint density at radius 3 is 2.50 bits per heavy atom. The Morgan fingerprint density at radius 1 is 1.58 bits per heavy atom. The Kier molecular flexibility index (Phi) is 5.68. The molecule has 1 N–H and O–H groups in total. The van der Waals surface area contributed by atoms with Crippen LogP contribution in [0.15, 0.2) is 23.8 Å². The van der Waals surface area contributed by atoms with Crippen LogP contribution < -0.4 is 0 Å². The van der Waals surface area contributed by atoms with Gasteiger partial charge in [-0.2, -0.15) is 0 Å². The van der Waals surface area contributed by atoms with E-state index in [0.717, 1.165) is 18.4 Å². The van der Waals surface area contributed by atoms with E-state index in [2.05, 4.69) is 18.4 Å². The molecule has 0 bridgehead atoms. The maximum atomic E-state index is 8.49. The number of hydrogen-bond donors (Lipinski definition) is 1. The van der Waals surface area contributed by atoms with Gasteiger partial charge < -0.3 is 0 Å². The van der Waals surface area contributed by atoms with Crippen molar-refractivity contribution in [1.82, 2.24) is 0 Å². The van der Waals surface area contributed by atoms with Gasteiger partial charge >= 0.3 is 0 Å². The average Bonchev–Trinajstić information content (AvgIpc) is 2.04. The standard InChI is InChI=1S/C10H17O2/c1-5-9(4)6-7-10(12-11)8(2)3/h5,10-11H,1-2,6-7H2,3-4H3. The quantitative estimate of drug-likeness (QED) is 0.389. The molecule has 0 aromatic heterocycles. The highest BCUT2D eigenvalue weighted by molar-refractivity contribution is 5.03. The van der Waals surface area contributed by atoms with Crippen LogP contribution in [0.1, 0.15) is 26.7 Å². The van der Waals surface area contributed by atoms with E-state index in [1.807, 2.05) is 19.9 Å². The van der Waals surface area contributed by atoms with Gasteiger partial charge in [-0.05, 0) is 39.2 Å². The van der Waals surface area contributed by atoms with Gasteiger partial charge in [-0.1, -0.05) is 18.2 Å². The summed E-state index contributed by atoms with van der Waals surface area (Å²) in [5.41, 5.74) is 2.03. The summed E-state index contributed by atoms with van der Waals surface area (Å²) in [4.78, 5) is 4.26. The molecule has 69 valence electrons. The highest BCUT2D eigenvalue weighted by atomic mass is 17.1. The fourth-order valence-electron chi connectivity index (χ4n) is 0.850. The smallest absolute Gasteiger partial charge is 0.113 e. The van der Waals surface area contributed by atoms with Crippen molar-refractivity contribution < 1.29 is 10.1 Å². The van der Waals surface area contributed by atoms with Crippen LogP contribution in [0.2, 0.25) is 0 Å². The molecule has 0 aromatic carbocycles. The van der Waals surface area contributed by atoms with Crippen LogP contribution in [0, 0.1) is 6.92 Å². The monoisotopic (exact) mass is 169 g/mol. The van der Waals surface area contributed by atoms with Crippen molar-refractivity contribution in [3.8, 4) is 0 Å². The molecule has 0 aliphatic heterocycles. The highest BCUT2D eigenvalue weighted by Gasteiger charge is 2.08. The minimum atomic E-state index is -0.250. The molecule has 0 amide bonds. The molecule has 2 heteroatoms. The van der Waals surface area contributed by atoms with Crippen LogP contribution in [0.3, 0.4) is 0 Å². The number of allylic oxidation sites excluding steroid dienone is 2. The molecule has 0 saturated heterocycles. The summed E-state index contributed by atoms with van der Waals surface area (Å²) < 4.78 is 0. The zero-order valence-electron chi connectivity index (χ0n) is 7.84. The maximum Gasteiger partial charge on any atom is 0.113 e. The second-order valence-electron chi connectivity index (χ2n) is 3.03. The van der Waals surface area contributed by atoms with E-state index in [0.29, 0.717) is 0 Å². The lowest BCUT2D eigenvalue weighted by Crippen LogP contribution is -2.11. The van der Waals surface area contributed by atoms with Gasteiger partial charge in [-0.15, -0.1) is 0 Å². The van der Waals surface area contributed by atoms with Gasteiger partial charge in [0.15, 0.2) is 0 Å². The van der Waals surface area contributed by atoms with Crippen molar-refractivity contribution in [2.24, 2.45) is 0 Å². The summed E-state index contributed by atoms with van der Waals surface area (Å²) in [5, 5.41) is 8.49. The van der Waals surface area contributed by atoms with Gasteiger partial charge in [0, 0.05) is 0 Å². The van der Waals surface area contributed by atoms with E-state index in [9.17, 15) is 0 Å². The third kappa shape index (κ3) is 4.31. The van der Waals surface area contributed by atoms with Crippen molar-refractivity contribution in [1.29, 1.82) is 0 Å². The molecule has 0 heterocycles. The lowest BCUT2D eigenvalue weighted by molar-refractivity contribution is -0.269. The number of rotatable bonds is 5. The normalized spacial score (nSPS) is 14.5. The molecular formula is C10H17O2. The SMILES string of the molecule is [CH2]C=C(C)CCC(OO)C(=C)C. The second kappa shape index (κ2) is 5.98. The Labute approximate surface area is 74.5 Å². The van der Waals surface area contributed by atoms with Crippen molar-refractivity contribution in [2.45, 2.75) is 32.8 Å². The predicted molar refractivity (Wildman–Crippen MR) is 50.7 cm³/mol. The van der Waals surface area contributed by atoms with Crippen molar-refractivity contribution >= 4 is 0 Å². The zero-order valence-corrected chi connectivity index (χ0v) is 7.84. The molecule has 1 unspecified atom stereocenters. The molecule has 0 rings (SSSR count). The molecule has 1 radical (unpaired) electrons. The lowest BCUT2D eigenvalue weighted by atomic mass is 10.0. The molecule has 0 aromatic rings. The Hall–Kier alpha value is -0.600. The van der Waals surface area contributed by atoms with Gasteiger partial charge in [-0.3, -0.25) is 5.26 Å². The third-order valence-corrected chi connectivity index (χ3v) is 1.83. The molecule has 0 spiro atoms. The fourth-order valence-corrected chi connectivity index (χ4v) is 0.850. The summed E-state index contributed by atoms with van der Waals surface area (Å²) in [6, 6.07) is 0. The molecule has 0 fully saturated rings. The largest absolute Gasteiger partial charge is 0.251 e. The fraction of sp³-hybridized carbons (Fsp3) is 0.500. The van der Waals surface area contributed by atoms with E-state index in [1.165, 1.54) is 5.57 Å². The Bertz CT molecular complexity index is 171. The van der Waals surface area contributed by atoms with Gasteiger partial charge in [0.05, 0.1) is 0 Å². The molecule has 0 aliphatic carbocycles. The number of hydrogen-bond acceptors (Lipinski definition) is 2. The maximum absolute atomic E-state index is 8.49. The summed E-state index contributed by atoms with van der Waals surface area (Å²) in [7, 11) is 0. The third-order valence-electron chi connectivity index (χ3n) is 1.83. The van der Waals surface area contributed by atoms with Gasteiger partial charge in [0.25, 0.3) is 0 Å². The lowest BCUT2D eigenvalue weighted by Gasteiger charge is -2.12. The highest BCUT2D eigenvalue weighted by Crippen LogP contribution is 2.13. The molecule has 1 atom stereocenters. The Morgan fingerprint density at radius 2 is 2.17 bits per heavy atom. The van der Waals surface area contributed by atoms with Crippen LogP contribution in [0.5, 0.6) is 0 Å². The summed E-state index contributed by atoms with van der Waals surface area (Å²) >= 11 is 0. The first kappa shape index (κ1) is 11.4. The summed E-state index contributed by atoms with van der Waals surface area (Å²) in [6.07, 6.45) is 3.19. The van der Waals surface area contributed by atoms with Crippen molar-refractivity contribution in [3.05, 3.63) is 30.7 Å². The molecular weight excluding hydrogens is 152 g/mol. The van der Waals surface area contributed by atoms with E-state index in [-0.39, 0.29) is 6.10 Å². The predicted octanol–water partition coefficient (Wildman–Crippen LogP) is 2.98. The van der Waals surface area contributed by atoms with Gasteiger partial charge in [-0.25, -0.2) is 4.89 Å². The van der Waals surface area contributed by atoms with Gasteiger partial charge in [0.1, 0.15) is 6.10 Å². The Balaban J connectivity index is 3.81. The van der Waals surface area contributed by atoms with Crippen LogP contribution >= 0.6 is 0 Å². The molecule has 12 heavy (non-hydrogen) atoms. The van der Waals surface area contributed by atoms with Crippen molar-refractivity contribution in [2.75, 3.05) is 0 Å².